The van der Waals surface area contributed by atoms with Crippen LogP contribution in [0.4, 0.5) is 0 Å². The number of rotatable bonds is 7. The zero-order valence-electron chi connectivity index (χ0n) is 10.3. The van der Waals surface area contributed by atoms with Crippen LogP contribution < -0.4 is 0 Å². The Kier molecular flexibility index (Phi) is 7.54. The first kappa shape index (κ1) is 14.9. The summed E-state index contributed by atoms with van der Waals surface area (Å²) in [6.07, 6.45) is 0.867. The maximum Gasteiger partial charge on any atom is 0.303 e. The smallest absolute Gasteiger partial charge is 0.303 e. The van der Waals surface area contributed by atoms with E-state index >= 15 is 0 Å². The van der Waals surface area contributed by atoms with Gasteiger partial charge in [-0.05, 0) is 6.42 Å². The van der Waals surface area contributed by atoms with Gasteiger partial charge in [0, 0.05) is 21.0 Å². The topological polar surface area (TPSA) is 61.8 Å². The first-order chi connectivity index (χ1) is 7.51. The largest absolute Gasteiger partial charge is 0.462 e. The summed E-state index contributed by atoms with van der Waals surface area (Å²) in [7, 11) is 1.55. The van der Waals surface area contributed by atoms with Crippen molar-refractivity contribution in [2.75, 3.05) is 13.7 Å². The molecule has 0 aliphatic rings. The van der Waals surface area contributed by atoms with Crippen molar-refractivity contribution in [1.82, 2.24) is 0 Å². The Balaban J connectivity index is 4.36. The Morgan fingerprint density at radius 1 is 1.12 bits per heavy atom. The molecule has 94 valence electrons. The molecule has 0 rings (SSSR count). The Labute approximate surface area is 96.1 Å². The molecule has 0 aliphatic carbocycles. The van der Waals surface area contributed by atoms with Crippen molar-refractivity contribution in [3.8, 4) is 0 Å². The molecule has 2 atom stereocenters. The van der Waals surface area contributed by atoms with Crippen LogP contribution in [-0.2, 0) is 23.8 Å². The fourth-order valence-corrected chi connectivity index (χ4v) is 1.37. The van der Waals surface area contributed by atoms with Gasteiger partial charge >= 0.3 is 11.9 Å². The van der Waals surface area contributed by atoms with Crippen LogP contribution in [-0.4, -0.2) is 37.9 Å². The second kappa shape index (κ2) is 8.10. The number of carbonyl (C=O) groups excluding carboxylic acids is 2. The normalized spacial score (nSPS) is 14.0. The SMILES string of the molecule is CCC[C@H](OC)[C@@H](COC(C)=O)OC(C)=O. The van der Waals surface area contributed by atoms with Gasteiger partial charge in [-0.1, -0.05) is 13.3 Å². The predicted molar refractivity (Wildman–Crippen MR) is 57.9 cm³/mol. The van der Waals surface area contributed by atoms with Crippen molar-refractivity contribution in [2.45, 2.75) is 45.8 Å². The van der Waals surface area contributed by atoms with Crippen LogP contribution in [0.2, 0.25) is 0 Å². The number of carbonyl (C=O) groups is 2. The molecule has 0 aromatic carbocycles. The van der Waals surface area contributed by atoms with Crippen molar-refractivity contribution in [3.63, 3.8) is 0 Å². The first-order valence-electron chi connectivity index (χ1n) is 5.34. The van der Waals surface area contributed by atoms with Crippen LogP contribution in [0, 0.1) is 0 Å². The molecular formula is C11H20O5. The number of hydrogen-bond donors (Lipinski definition) is 0. The van der Waals surface area contributed by atoms with Gasteiger partial charge in [-0.3, -0.25) is 9.59 Å². The van der Waals surface area contributed by atoms with Crippen LogP contribution in [0.25, 0.3) is 0 Å². The van der Waals surface area contributed by atoms with Gasteiger partial charge in [0.15, 0.2) is 6.10 Å². The highest BCUT2D eigenvalue weighted by Crippen LogP contribution is 2.11. The molecule has 0 amide bonds. The molecule has 0 saturated carbocycles. The highest BCUT2D eigenvalue weighted by molar-refractivity contribution is 5.67. The van der Waals surface area contributed by atoms with Crippen molar-refractivity contribution in [3.05, 3.63) is 0 Å². The van der Waals surface area contributed by atoms with E-state index in [1.165, 1.54) is 13.8 Å². The summed E-state index contributed by atoms with van der Waals surface area (Å²) < 4.78 is 15.1. The number of esters is 2. The summed E-state index contributed by atoms with van der Waals surface area (Å²) >= 11 is 0. The van der Waals surface area contributed by atoms with Gasteiger partial charge in [-0.2, -0.15) is 0 Å². The minimum atomic E-state index is -0.536. The van der Waals surface area contributed by atoms with Gasteiger partial charge in [-0.25, -0.2) is 0 Å². The van der Waals surface area contributed by atoms with E-state index in [1.807, 2.05) is 6.92 Å². The number of ether oxygens (including phenoxy) is 3. The molecule has 0 aromatic heterocycles. The van der Waals surface area contributed by atoms with Gasteiger partial charge in [0.25, 0.3) is 0 Å². The molecule has 0 fully saturated rings. The molecule has 0 aromatic rings. The third kappa shape index (κ3) is 6.40. The zero-order chi connectivity index (χ0) is 12.6. The van der Waals surface area contributed by atoms with Gasteiger partial charge in [0.1, 0.15) is 6.61 Å². The van der Waals surface area contributed by atoms with Crippen molar-refractivity contribution < 1.29 is 23.8 Å². The molecule has 0 bridgehead atoms. The van der Waals surface area contributed by atoms with Crippen LogP contribution >= 0.6 is 0 Å². The zero-order valence-corrected chi connectivity index (χ0v) is 10.3. The second-order valence-electron chi connectivity index (χ2n) is 3.51. The summed E-state index contributed by atoms with van der Waals surface area (Å²) in [5.41, 5.74) is 0. The molecule has 16 heavy (non-hydrogen) atoms. The average molecular weight is 232 g/mol. The summed E-state index contributed by atoms with van der Waals surface area (Å²) in [4.78, 5) is 21.6. The van der Waals surface area contributed by atoms with Crippen molar-refractivity contribution >= 4 is 11.9 Å². The lowest BCUT2D eigenvalue weighted by Gasteiger charge is -2.24. The van der Waals surface area contributed by atoms with Crippen LogP contribution in [0.3, 0.4) is 0 Å². The highest BCUT2D eigenvalue weighted by Gasteiger charge is 2.24. The average Bonchev–Trinajstić information content (AvgIpc) is 2.20. The van der Waals surface area contributed by atoms with E-state index in [0.29, 0.717) is 0 Å². The van der Waals surface area contributed by atoms with Gasteiger partial charge < -0.3 is 14.2 Å². The summed E-state index contributed by atoms with van der Waals surface area (Å²) in [5, 5.41) is 0. The first-order valence-corrected chi connectivity index (χ1v) is 5.34. The monoisotopic (exact) mass is 232 g/mol. The molecule has 0 saturated heterocycles. The lowest BCUT2D eigenvalue weighted by atomic mass is 10.1. The molecule has 0 aliphatic heterocycles. The molecule has 0 spiro atoms. The van der Waals surface area contributed by atoms with Gasteiger partial charge in [-0.15, -0.1) is 0 Å². The molecule has 0 N–H and O–H groups in total. The van der Waals surface area contributed by atoms with E-state index in [-0.39, 0.29) is 12.7 Å². The number of hydrogen-bond acceptors (Lipinski definition) is 5. The fraction of sp³-hybridized carbons (Fsp3) is 0.818. The third-order valence-corrected chi connectivity index (χ3v) is 2.06. The molecule has 5 heteroatoms. The van der Waals surface area contributed by atoms with E-state index in [2.05, 4.69) is 0 Å². The molecule has 0 unspecified atom stereocenters. The second-order valence-corrected chi connectivity index (χ2v) is 3.51. The maximum atomic E-state index is 10.9. The van der Waals surface area contributed by atoms with Gasteiger partial charge in [0.2, 0.25) is 0 Å². The minimum absolute atomic E-state index is 0.0351. The lowest BCUT2D eigenvalue weighted by molar-refractivity contribution is -0.165. The summed E-state index contributed by atoms with van der Waals surface area (Å²) in [6.45, 7) is 4.67. The Hall–Kier alpha value is -1.10. The Bertz CT molecular complexity index is 226. The summed E-state index contributed by atoms with van der Waals surface area (Å²) in [5.74, 6) is -0.807. The fourth-order valence-electron chi connectivity index (χ4n) is 1.37. The number of methoxy groups -OCH3 is 1. The lowest BCUT2D eigenvalue weighted by Crippen LogP contribution is -2.36. The molecule has 0 radical (unpaired) electrons. The quantitative estimate of drug-likeness (QED) is 0.619. The third-order valence-electron chi connectivity index (χ3n) is 2.06. The molecule has 5 nitrogen and oxygen atoms in total. The minimum Gasteiger partial charge on any atom is -0.462 e. The van der Waals surface area contributed by atoms with E-state index in [4.69, 9.17) is 14.2 Å². The molecule has 0 heterocycles. The Morgan fingerprint density at radius 2 is 1.75 bits per heavy atom. The summed E-state index contributed by atoms with van der Waals surface area (Å²) in [6, 6.07) is 0. The molecular weight excluding hydrogens is 212 g/mol. The van der Waals surface area contributed by atoms with Gasteiger partial charge in [0.05, 0.1) is 6.10 Å². The standard InChI is InChI=1S/C11H20O5/c1-5-6-10(14-4)11(16-9(3)13)7-15-8(2)12/h10-11H,5-7H2,1-4H3/t10-,11+/m0/s1. The van der Waals surface area contributed by atoms with E-state index < -0.39 is 18.0 Å². The van der Waals surface area contributed by atoms with Crippen LogP contribution in [0.15, 0.2) is 0 Å². The van der Waals surface area contributed by atoms with E-state index in [0.717, 1.165) is 12.8 Å². The van der Waals surface area contributed by atoms with Crippen molar-refractivity contribution in [2.24, 2.45) is 0 Å². The maximum absolute atomic E-state index is 10.9. The predicted octanol–water partition coefficient (Wildman–Crippen LogP) is 1.30. The van der Waals surface area contributed by atoms with E-state index in [9.17, 15) is 9.59 Å². The Morgan fingerprint density at radius 3 is 2.12 bits per heavy atom. The van der Waals surface area contributed by atoms with Crippen LogP contribution in [0.5, 0.6) is 0 Å². The van der Waals surface area contributed by atoms with Crippen LogP contribution in [0.1, 0.15) is 33.6 Å². The van der Waals surface area contributed by atoms with E-state index in [1.54, 1.807) is 7.11 Å². The highest BCUT2D eigenvalue weighted by atomic mass is 16.6. The van der Waals surface area contributed by atoms with Crippen molar-refractivity contribution in [1.29, 1.82) is 0 Å².